The van der Waals surface area contributed by atoms with E-state index in [0.717, 1.165) is 4.57 Å². The summed E-state index contributed by atoms with van der Waals surface area (Å²) in [5.74, 6) is 0. The Morgan fingerprint density at radius 1 is 1.17 bits per heavy atom. The Morgan fingerprint density at radius 2 is 1.83 bits per heavy atom. The lowest BCUT2D eigenvalue weighted by atomic mass is 10.1. The van der Waals surface area contributed by atoms with E-state index in [1.165, 1.54) is 29.5 Å². The maximum atomic E-state index is 12.7. The molecule has 0 atom stereocenters. The minimum atomic E-state index is -0.814. The van der Waals surface area contributed by atoms with Crippen molar-refractivity contribution in [2.75, 3.05) is 5.43 Å². The van der Waals surface area contributed by atoms with Gasteiger partial charge in [0.2, 0.25) is 0 Å². The Labute approximate surface area is 140 Å². The summed E-state index contributed by atoms with van der Waals surface area (Å²) in [6, 6.07) is 6.06. The number of rotatable bonds is 2. The Morgan fingerprint density at radius 3 is 2.46 bits per heavy atom. The number of amides is 2. The lowest BCUT2D eigenvalue weighted by molar-refractivity contribution is 0.257. The van der Waals surface area contributed by atoms with Gasteiger partial charge >= 0.3 is 11.7 Å². The van der Waals surface area contributed by atoms with E-state index in [2.05, 4.69) is 5.43 Å². The molecule has 3 N–H and O–H groups in total. The number of nitrogens with two attached hydrogens (primary N) is 1. The number of halogens is 1. The first-order valence-corrected chi connectivity index (χ1v) is 7.33. The summed E-state index contributed by atoms with van der Waals surface area (Å²) in [7, 11) is 2.93. The van der Waals surface area contributed by atoms with E-state index in [9.17, 15) is 14.4 Å². The molecular formula is C15H14ClN5O3. The summed E-state index contributed by atoms with van der Waals surface area (Å²) in [6.45, 7) is 0. The van der Waals surface area contributed by atoms with Gasteiger partial charge in [-0.1, -0.05) is 29.8 Å². The van der Waals surface area contributed by atoms with Crippen LogP contribution in [0, 0.1) is 0 Å². The molecule has 1 aromatic carbocycles. The predicted molar refractivity (Wildman–Crippen MR) is 91.8 cm³/mol. The summed E-state index contributed by atoms with van der Waals surface area (Å²) in [5, 5.41) is 0.641. The van der Waals surface area contributed by atoms with Gasteiger partial charge in [0.15, 0.2) is 0 Å². The van der Waals surface area contributed by atoms with Crippen LogP contribution in [0.4, 0.5) is 4.79 Å². The molecule has 9 heteroatoms. The number of urea groups is 1. The van der Waals surface area contributed by atoms with Crippen LogP contribution in [-0.4, -0.2) is 19.8 Å². The number of primary amides is 1. The largest absolute Gasteiger partial charge is 0.350 e. The fraction of sp³-hybridized carbons (Fsp3) is 0.133. The fourth-order valence-corrected chi connectivity index (χ4v) is 2.89. The topological polar surface area (TPSA) is 104 Å². The molecule has 24 heavy (non-hydrogen) atoms. The second-order valence-corrected chi connectivity index (χ2v) is 5.68. The van der Waals surface area contributed by atoms with Crippen molar-refractivity contribution in [3.05, 3.63) is 56.3 Å². The first-order chi connectivity index (χ1) is 11.3. The van der Waals surface area contributed by atoms with Crippen molar-refractivity contribution in [3.8, 4) is 11.3 Å². The zero-order chi connectivity index (χ0) is 17.6. The predicted octanol–water partition coefficient (Wildman–Crippen LogP) is 0.981. The molecular weight excluding hydrogens is 334 g/mol. The highest BCUT2D eigenvalue weighted by Gasteiger charge is 2.21. The average molecular weight is 348 g/mol. The average Bonchev–Trinajstić information content (AvgIpc) is 2.90. The summed E-state index contributed by atoms with van der Waals surface area (Å²) >= 11 is 6.25. The Bertz CT molecular complexity index is 1090. The minimum absolute atomic E-state index is 0.251. The molecule has 0 saturated carbocycles. The maximum Gasteiger partial charge on any atom is 0.331 e. The van der Waals surface area contributed by atoms with Gasteiger partial charge in [-0.25, -0.2) is 15.0 Å². The van der Waals surface area contributed by atoms with Crippen LogP contribution in [0.1, 0.15) is 0 Å². The molecule has 8 nitrogen and oxygen atoms in total. The first kappa shape index (κ1) is 15.9. The van der Waals surface area contributed by atoms with Crippen molar-refractivity contribution < 1.29 is 4.79 Å². The van der Waals surface area contributed by atoms with Gasteiger partial charge in [0.05, 0.1) is 22.8 Å². The van der Waals surface area contributed by atoms with E-state index in [1.54, 1.807) is 24.3 Å². The number of hydrogen-bond donors (Lipinski definition) is 2. The van der Waals surface area contributed by atoms with Crippen molar-refractivity contribution in [3.63, 3.8) is 0 Å². The van der Waals surface area contributed by atoms with Crippen LogP contribution in [0.5, 0.6) is 0 Å². The van der Waals surface area contributed by atoms with E-state index >= 15 is 0 Å². The third-order valence-corrected chi connectivity index (χ3v) is 4.13. The van der Waals surface area contributed by atoms with Crippen LogP contribution >= 0.6 is 11.6 Å². The third kappa shape index (κ3) is 2.28. The fourth-order valence-electron chi connectivity index (χ4n) is 2.67. The highest BCUT2D eigenvalue weighted by atomic mass is 35.5. The first-order valence-electron chi connectivity index (χ1n) is 6.95. The number of carbonyl (C=O) groups is 1. The molecule has 2 amide bonds. The molecule has 0 aliphatic rings. The molecule has 0 spiro atoms. The summed E-state index contributed by atoms with van der Waals surface area (Å²) < 4.78 is 3.61. The summed E-state index contributed by atoms with van der Waals surface area (Å²) in [6.07, 6.45) is 1.46. The molecule has 2 heterocycles. The summed E-state index contributed by atoms with van der Waals surface area (Å²) in [5.41, 5.74) is 7.89. The smallest absolute Gasteiger partial charge is 0.331 e. The van der Waals surface area contributed by atoms with Gasteiger partial charge in [-0.2, -0.15) is 0 Å². The van der Waals surface area contributed by atoms with E-state index < -0.39 is 17.3 Å². The van der Waals surface area contributed by atoms with Gasteiger partial charge in [0, 0.05) is 24.7 Å². The summed E-state index contributed by atoms with van der Waals surface area (Å²) in [4.78, 5) is 36.1. The minimum Gasteiger partial charge on any atom is -0.350 e. The zero-order valence-corrected chi connectivity index (χ0v) is 13.7. The maximum absolute atomic E-state index is 12.7. The zero-order valence-electron chi connectivity index (χ0n) is 12.9. The van der Waals surface area contributed by atoms with Crippen molar-refractivity contribution in [2.24, 2.45) is 19.8 Å². The van der Waals surface area contributed by atoms with Crippen molar-refractivity contribution >= 4 is 28.5 Å². The second kappa shape index (κ2) is 5.57. The molecule has 124 valence electrons. The van der Waals surface area contributed by atoms with Gasteiger partial charge in [-0.3, -0.25) is 18.6 Å². The Kier molecular flexibility index (Phi) is 3.69. The van der Waals surface area contributed by atoms with Crippen LogP contribution in [-0.2, 0) is 14.1 Å². The van der Waals surface area contributed by atoms with Crippen LogP contribution in [0.15, 0.2) is 40.1 Å². The number of fused-ring (bicyclic) bond motifs is 1. The highest BCUT2D eigenvalue weighted by Crippen LogP contribution is 2.32. The van der Waals surface area contributed by atoms with E-state index in [0.29, 0.717) is 21.8 Å². The molecule has 0 unspecified atom stereocenters. The Balaban J connectivity index is 2.54. The van der Waals surface area contributed by atoms with Gasteiger partial charge in [-0.15, -0.1) is 0 Å². The van der Waals surface area contributed by atoms with Crippen molar-refractivity contribution in [1.29, 1.82) is 0 Å². The van der Waals surface area contributed by atoms with Crippen molar-refractivity contribution in [2.45, 2.75) is 0 Å². The number of hydrogen-bond acceptors (Lipinski definition) is 3. The lowest BCUT2D eigenvalue weighted by Crippen LogP contribution is -2.36. The number of benzene rings is 1. The van der Waals surface area contributed by atoms with Gasteiger partial charge in [0.25, 0.3) is 5.56 Å². The molecule has 0 aliphatic heterocycles. The monoisotopic (exact) mass is 347 g/mol. The number of nitrogens with zero attached hydrogens (tertiary/aromatic N) is 3. The van der Waals surface area contributed by atoms with E-state index in [4.69, 9.17) is 17.3 Å². The standard InChI is InChI=1S/C15H14ClN5O3/c1-19-10-7-21(18-14(17)23)12(8-5-3-4-6-9(8)16)11(10)13(22)20(2)15(19)24/h3-7H,1-2H3,(H3,17,18,23). The molecule has 0 fully saturated rings. The quantitative estimate of drug-likeness (QED) is 0.722. The number of carbonyl (C=O) groups excluding carboxylic acids is 1. The van der Waals surface area contributed by atoms with Gasteiger partial charge in [-0.05, 0) is 6.07 Å². The molecule has 0 bridgehead atoms. The van der Waals surface area contributed by atoms with E-state index in [1.807, 2.05) is 0 Å². The number of aryl methyl sites for hydroxylation is 1. The molecule has 0 aliphatic carbocycles. The van der Waals surface area contributed by atoms with E-state index in [-0.39, 0.29) is 5.39 Å². The van der Waals surface area contributed by atoms with Gasteiger partial charge in [0.1, 0.15) is 0 Å². The lowest BCUT2D eigenvalue weighted by Gasteiger charge is -2.10. The molecule has 3 aromatic rings. The van der Waals surface area contributed by atoms with Crippen LogP contribution < -0.4 is 22.4 Å². The third-order valence-electron chi connectivity index (χ3n) is 3.80. The normalized spacial score (nSPS) is 11.0. The SMILES string of the molecule is Cn1c(=O)c2c(-c3ccccc3Cl)n(NC(N)=O)cc2n(C)c1=O. The van der Waals surface area contributed by atoms with Crippen molar-refractivity contribution in [1.82, 2.24) is 13.8 Å². The van der Waals surface area contributed by atoms with Gasteiger partial charge < -0.3 is 5.73 Å². The van der Waals surface area contributed by atoms with Crippen LogP contribution in [0.3, 0.4) is 0 Å². The number of aromatic nitrogens is 3. The van der Waals surface area contributed by atoms with Crippen LogP contribution in [0.2, 0.25) is 5.02 Å². The molecule has 0 saturated heterocycles. The second-order valence-electron chi connectivity index (χ2n) is 5.27. The van der Waals surface area contributed by atoms with Crippen LogP contribution in [0.25, 0.3) is 22.2 Å². The Hall–Kier alpha value is -3.00. The molecule has 3 rings (SSSR count). The highest BCUT2D eigenvalue weighted by molar-refractivity contribution is 6.33. The molecule has 2 aromatic heterocycles. The number of nitrogens with one attached hydrogen (secondary N) is 1. The molecule has 0 radical (unpaired) electrons.